The molecule has 0 aromatic heterocycles. The number of Topliss-reactive ketones (excluding diaryl/α,β-unsaturated/α-hetero) is 1. The van der Waals surface area contributed by atoms with Gasteiger partial charge in [0.1, 0.15) is 5.75 Å². The normalized spacial score (nSPS) is 11.2. The molecule has 0 fully saturated rings. The molecule has 1 amide bonds. The van der Waals surface area contributed by atoms with Crippen LogP contribution in [-0.4, -0.2) is 18.8 Å². The number of anilines is 1. The van der Waals surface area contributed by atoms with Crippen LogP contribution in [0.5, 0.6) is 5.75 Å². The molecule has 0 unspecified atom stereocenters. The van der Waals surface area contributed by atoms with Crippen molar-refractivity contribution in [2.75, 3.05) is 12.4 Å². The Kier molecular flexibility index (Phi) is 5.69. The van der Waals surface area contributed by atoms with Gasteiger partial charge in [-0.3, -0.25) is 9.59 Å². The standard InChI is InChI=1S/C19H18F3NO3/c1-11-4-6-15(10-16(11)19(20,21)22)23-18(25)9-14-8-13(12(2)24)5-7-17(14)26-3/h4-8,10H,9H2,1-3H3,(H,23,25). The lowest BCUT2D eigenvalue weighted by Crippen LogP contribution is -2.16. The van der Waals surface area contributed by atoms with Crippen LogP contribution < -0.4 is 10.1 Å². The number of hydrogen-bond donors (Lipinski definition) is 1. The largest absolute Gasteiger partial charge is 0.496 e. The van der Waals surface area contributed by atoms with Crippen molar-refractivity contribution in [2.45, 2.75) is 26.4 Å². The minimum atomic E-state index is -4.50. The molecule has 1 N–H and O–H groups in total. The van der Waals surface area contributed by atoms with E-state index in [9.17, 15) is 22.8 Å². The van der Waals surface area contributed by atoms with E-state index >= 15 is 0 Å². The zero-order chi connectivity index (χ0) is 19.5. The SMILES string of the molecule is COc1ccc(C(C)=O)cc1CC(=O)Nc1ccc(C)c(C(F)(F)F)c1. The Bertz CT molecular complexity index is 844. The molecule has 7 heteroatoms. The third-order valence-corrected chi connectivity index (χ3v) is 3.86. The second kappa shape index (κ2) is 7.59. The first kappa shape index (κ1) is 19.5. The molecule has 0 radical (unpaired) electrons. The molecular formula is C19H18F3NO3. The smallest absolute Gasteiger partial charge is 0.416 e. The Morgan fingerprint density at radius 2 is 1.81 bits per heavy atom. The Labute approximate surface area is 149 Å². The van der Waals surface area contributed by atoms with Crippen molar-refractivity contribution < 1.29 is 27.5 Å². The van der Waals surface area contributed by atoms with Gasteiger partial charge in [0.05, 0.1) is 19.1 Å². The molecule has 2 rings (SSSR count). The highest BCUT2D eigenvalue weighted by atomic mass is 19.4. The van der Waals surface area contributed by atoms with Gasteiger partial charge < -0.3 is 10.1 Å². The maximum atomic E-state index is 13.0. The average molecular weight is 365 g/mol. The maximum absolute atomic E-state index is 13.0. The van der Waals surface area contributed by atoms with Gasteiger partial charge in [0, 0.05) is 16.8 Å². The predicted octanol–water partition coefficient (Wildman–Crippen LogP) is 4.41. The minimum absolute atomic E-state index is 0.0506. The molecule has 0 atom stereocenters. The Morgan fingerprint density at radius 3 is 2.38 bits per heavy atom. The van der Waals surface area contributed by atoms with Gasteiger partial charge in [-0.25, -0.2) is 0 Å². The molecule has 0 saturated heterocycles. The fourth-order valence-corrected chi connectivity index (χ4v) is 2.52. The number of hydrogen-bond acceptors (Lipinski definition) is 3. The number of methoxy groups -OCH3 is 1. The van der Waals surface area contributed by atoms with Gasteiger partial charge in [-0.05, 0) is 49.7 Å². The zero-order valence-corrected chi connectivity index (χ0v) is 14.5. The summed E-state index contributed by atoms with van der Waals surface area (Å²) >= 11 is 0. The highest BCUT2D eigenvalue weighted by Gasteiger charge is 2.32. The van der Waals surface area contributed by atoms with Crippen LogP contribution in [0.15, 0.2) is 36.4 Å². The van der Waals surface area contributed by atoms with E-state index in [1.54, 1.807) is 12.1 Å². The number of ether oxygens (including phenoxy) is 1. The van der Waals surface area contributed by atoms with Crippen LogP contribution in [0, 0.1) is 6.92 Å². The van der Waals surface area contributed by atoms with E-state index < -0.39 is 17.6 Å². The van der Waals surface area contributed by atoms with Crippen molar-refractivity contribution in [3.05, 3.63) is 58.7 Å². The van der Waals surface area contributed by atoms with Crippen molar-refractivity contribution in [3.8, 4) is 5.75 Å². The van der Waals surface area contributed by atoms with Crippen molar-refractivity contribution in [3.63, 3.8) is 0 Å². The van der Waals surface area contributed by atoms with Gasteiger partial charge in [0.25, 0.3) is 0 Å². The highest BCUT2D eigenvalue weighted by Crippen LogP contribution is 2.33. The van der Waals surface area contributed by atoms with Crippen LogP contribution in [-0.2, 0) is 17.4 Å². The zero-order valence-electron chi connectivity index (χ0n) is 14.5. The quantitative estimate of drug-likeness (QED) is 0.799. The number of carbonyl (C=O) groups excluding carboxylic acids is 2. The molecule has 4 nitrogen and oxygen atoms in total. The summed E-state index contributed by atoms with van der Waals surface area (Å²) in [5.74, 6) is -0.256. The number of nitrogens with one attached hydrogen (secondary N) is 1. The van der Waals surface area contributed by atoms with Gasteiger partial charge >= 0.3 is 6.18 Å². The average Bonchev–Trinajstić information content (AvgIpc) is 2.55. The van der Waals surface area contributed by atoms with E-state index in [1.807, 2.05) is 0 Å². The minimum Gasteiger partial charge on any atom is -0.496 e. The van der Waals surface area contributed by atoms with Crippen LogP contribution in [0.25, 0.3) is 0 Å². The maximum Gasteiger partial charge on any atom is 0.416 e. The molecule has 0 spiro atoms. The molecule has 138 valence electrons. The summed E-state index contributed by atoms with van der Waals surface area (Å²) in [6, 6.07) is 8.31. The molecular weight excluding hydrogens is 347 g/mol. The number of aryl methyl sites for hydroxylation is 1. The topological polar surface area (TPSA) is 55.4 Å². The Hall–Kier alpha value is -2.83. The van der Waals surface area contributed by atoms with E-state index in [0.717, 1.165) is 6.07 Å². The van der Waals surface area contributed by atoms with Gasteiger partial charge in [0.15, 0.2) is 5.78 Å². The van der Waals surface area contributed by atoms with Crippen LogP contribution in [0.1, 0.15) is 34.0 Å². The van der Waals surface area contributed by atoms with E-state index in [2.05, 4.69) is 5.32 Å². The first-order valence-electron chi connectivity index (χ1n) is 7.77. The summed E-state index contributed by atoms with van der Waals surface area (Å²) < 4.78 is 44.1. The van der Waals surface area contributed by atoms with E-state index in [1.165, 1.54) is 39.2 Å². The number of halogens is 3. The van der Waals surface area contributed by atoms with E-state index in [-0.39, 0.29) is 23.5 Å². The van der Waals surface area contributed by atoms with E-state index in [0.29, 0.717) is 16.9 Å². The molecule has 0 saturated carbocycles. The summed E-state index contributed by atoms with van der Waals surface area (Å²) in [5.41, 5.74) is 0.219. The van der Waals surface area contributed by atoms with Gasteiger partial charge in [-0.2, -0.15) is 13.2 Å². The molecule has 0 heterocycles. The third kappa shape index (κ3) is 4.62. The summed E-state index contributed by atoms with van der Waals surface area (Å²) in [4.78, 5) is 23.7. The second-order valence-electron chi connectivity index (χ2n) is 5.84. The van der Waals surface area contributed by atoms with Gasteiger partial charge in [-0.15, -0.1) is 0 Å². The van der Waals surface area contributed by atoms with Crippen LogP contribution in [0.3, 0.4) is 0 Å². The summed E-state index contributed by atoms with van der Waals surface area (Å²) in [6.07, 6.45) is -4.64. The molecule has 0 aliphatic carbocycles. The van der Waals surface area contributed by atoms with Crippen LogP contribution >= 0.6 is 0 Å². The number of benzene rings is 2. The summed E-state index contributed by atoms with van der Waals surface area (Å²) in [6.45, 7) is 2.75. The van der Waals surface area contributed by atoms with Gasteiger partial charge in [0.2, 0.25) is 5.91 Å². The van der Waals surface area contributed by atoms with Gasteiger partial charge in [-0.1, -0.05) is 6.07 Å². The highest BCUT2D eigenvalue weighted by molar-refractivity contribution is 5.96. The number of alkyl halides is 3. The van der Waals surface area contributed by atoms with E-state index in [4.69, 9.17) is 4.74 Å². The fourth-order valence-electron chi connectivity index (χ4n) is 2.52. The molecule has 0 aliphatic heterocycles. The number of ketones is 1. The molecule has 0 bridgehead atoms. The lowest BCUT2D eigenvalue weighted by Gasteiger charge is -2.13. The third-order valence-electron chi connectivity index (χ3n) is 3.86. The summed E-state index contributed by atoms with van der Waals surface area (Å²) in [5, 5.41) is 2.45. The molecule has 0 aliphatic rings. The lowest BCUT2D eigenvalue weighted by atomic mass is 10.0. The Balaban J connectivity index is 2.22. The number of rotatable bonds is 5. The molecule has 26 heavy (non-hydrogen) atoms. The summed E-state index contributed by atoms with van der Waals surface area (Å²) in [7, 11) is 1.43. The predicted molar refractivity (Wildman–Crippen MR) is 91.5 cm³/mol. The molecule has 2 aromatic carbocycles. The van der Waals surface area contributed by atoms with Crippen molar-refractivity contribution in [1.82, 2.24) is 0 Å². The van der Waals surface area contributed by atoms with Crippen LogP contribution in [0.4, 0.5) is 18.9 Å². The second-order valence-corrected chi connectivity index (χ2v) is 5.84. The number of carbonyl (C=O) groups is 2. The van der Waals surface area contributed by atoms with Crippen molar-refractivity contribution in [1.29, 1.82) is 0 Å². The molecule has 2 aromatic rings. The number of amides is 1. The van der Waals surface area contributed by atoms with Crippen molar-refractivity contribution in [2.24, 2.45) is 0 Å². The Morgan fingerprint density at radius 1 is 1.12 bits per heavy atom. The first-order chi connectivity index (χ1) is 12.1. The fraction of sp³-hybridized carbons (Fsp3) is 0.263. The monoisotopic (exact) mass is 365 g/mol. The van der Waals surface area contributed by atoms with Crippen LogP contribution in [0.2, 0.25) is 0 Å². The first-order valence-corrected chi connectivity index (χ1v) is 7.77. The van der Waals surface area contributed by atoms with Crippen molar-refractivity contribution >= 4 is 17.4 Å². The lowest BCUT2D eigenvalue weighted by molar-refractivity contribution is -0.138.